The highest BCUT2D eigenvalue weighted by molar-refractivity contribution is 5.92. The van der Waals surface area contributed by atoms with Gasteiger partial charge in [-0.15, -0.1) is 10.2 Å². The van der Waals surface area contributed by atoms with E-state index in [9.17, 15) is 4.79 Å². The van der Waals surface area contributed by atoms with Crippen LogP contribution in [0.3, 0.4) is 0 Å². The fourth-order valence-electron chi connectivity index (χ4n) is 2.91. The molecule has 19 heavy (non-hydrogen) atoms. The van der Waals surface area contributed by atoms with Gasteiger partial charge in [-0.1, -0.05) is 0 Å². The van der Waals surface area contributed by atoms with E-state index in [-0.39, 0.29) is 5.91 Å². The Kier molecular flexibility index (Phi) is 3.33. The van der Waals surface area contributed by atoms with Gasteiger partial charge in [-0.2, -0.15) is 0 Å². The smallest absolute Gasteiger partial charge is 0.271 e. The second-order valence-electron chi connectivity index (χ2n) is 5.22. The van der Waals surface area contributed by atoms with Crippen LogP contribution in [0.2, 0.25) is 0 Å². The number of amides is 1. The van der Waals surface area contributed by atoms with E-state index in [2.05, 4.69) is 25.7 Å². The molecule has 102 valence electrons. The normalized spacial score (nSPS) is 25.4. The van der Waals surface area contributed by atoms with E-state index in [1.165, 1.54) is 0 Å². The van der Waals surface area contributed by atoms with E-state index >= 15 is 0 Å². The Morgan fingerprint density at radius 1 is 1.37 bits per heavy atom. The van der Waals surface area contributed by atoms with Gasteiger partial charge >= 0.3 is 0 Å². The highest BCUT2D eigenvalue weighted by Gasteiger charge is 2.36. The molecule has 2 saturated heterocycles. The number of hydrogen-bond acceptors (Lipinski definition) is 5. The van der Waals surface area contributed by atoms with Crippen molar-refractivity contribution in [3.05, 3.63) is 17.8 Å². The maximum absolute atomic E-state index is 11.6. The molecule has 2 aliphatic rings. The fourth-order valence-corrected chi connectivity index (χ4v) is 2.91. The molecule has 1 aromatic heterocycles. The molecule has 0 spiro atoms. The van der Waals surface area contributed by atoms with Gasteiger partial charge in [-0.05, 0) is 30.9 Å². The Morgan fingerprint density at radius 3 is 2.68 bits per heavy atom. The van der Waals surface area contributed by atoms with Crippen LogP contribution in [-0.2, 0) is 0 Å². The predicted molar refractivity (Wildman–Crippen MR) is 72.1 cm³/mol. The van der Waals surface area contributed by atoms with Gasteiger partial charge in [0, 0.05) is 32.7 Å². The van der Waals surface area contributed by atoms with E-state index in [1.54, 1.807) is 6.07 Å². The third-order valence-corrected chi connectivity index (χ3v) is 3.93. The van der Waals surface area contributed by atoms with Gasteiger partial charge in [-0.3, -0.25) is 4.79 Å². The molecule has 2 unspecified atom stereocenters. The van der Waals surface area contributed by atoms with Gasteiger partial charge in [0.2, 0.25) is 0 Å². The van der Waals surface area contributed by atoms with E-state index in [4.69, 9.17) is 0 Å². The standard InChI is InChI=1S/C13H19N5O/c1-2-15-13(19)11-3-4-12(17-16-11)18-7-9-5-14-6-10(9)8-18/h3-4,9-10,14H,2,5-8H2,1H3,(H,15,19). The number of carbonyl (C=O) groups is 1. The summed E-state index contributed by atoms with van der Waals surface area (Å²) in [5, 5.41) is 14.3. The summed E-state index contributed by atoms with van der Waals surface area (Å²) in [6, 6.07) is 3.64. The summed E-state index contributed by atoms with van der Waals surface area (Å²) in [6.07, 6.45) is 0. The molecule has 6 nitrogen and oxygen atoms in total. The Balaban J connectivity index is 1.68. The number of nitrogens with one attached hydrogen (secondary N) is 2. The Morgan fingerprint density at radius 2 is 2.11 bits per heavy atom. The predicted octanol–water partition coefficient (Wildman–Crippen LogP) is -0.118. The van der Waals surface area contributed by atoms with Crippen molar-refractivity contribution >= 4 is 11.7 Å². The molecule has 2 fully saturated rings. The van der Waals surface area contributed by atoms with Gasteiger partial charge in [0.25, 0.3) is 5.91 Å². The summed E-state index contributed by atoms with van der Waals surface area (Å²) in [4.78, 5) is 13.9. The van der Waals surface area contributed by atoms with Crippen LogP contribution in [0, 0.1) is 11.8 Å². The first-order chi connectivity index (χ1) is 9.28. The lowest BCUT2D eigenvalue weighted by atomic mass is 10.0. The second-order valence-corrected chi connectivity index (χ2v) is 5.22. The maximum atomic E-state index is 11.6. The average molecular weight is 261 g/mol. The number of fused-ring (bicyclic) bond motifs is 1. The molecule has 0 aromatic carbocycles. The van der Waals surface area contributed by atoms with E-state index in [0.29, 0.717) is 12.2 Å². The first-order valence-corrected chi connectivity index (χ1v) is 6.85. The van der Waals surface area contributed by atoms with Gasteiger partial charge < -0.3 is 15.5 Å². The molecule has 1 amide bonds. The van der Waals surface area contributed by atoms with Crippen LogP contribution < -0.4 is 15.5 Å². The number of rotatable bonds is 3. The molecule has 3 heterocycles. The molecular formula is C13H19N5O. The first-order valence-electron chi connectivity index (χ1n) is 6.85. The van der Waals surface area contributed by atoms with Crippen molar-refractivity contribution in [2.45, 2.75) is 6.92 Å². The van der Waals surface area contributed by atoms with Crippen molar-refractivity contribution in [1.82, 2.24) is 20.8 Å². The summed E-state index contributed by atoms with van der Waals surface area (Å²) in [5.41, 5.74) is 0.381. The monoisotopic (exact) mass is 261 g/mol. The number of anilines is 1. The summed E-state index contributed by atoms with van der Waals surface area (Å²) in [7, 11) is 0. The summed E-state index contributed by atoms with van der Waals surface area (Å²) in [6.45, 7) is 6.76. The van der Waals surface area contributed by atoms with Gasteiger partial charge in [0.1, 0.15) is 0 Å². The van der Waals surface area contributed by atoms with Crippen molar-refractivity contribution in [3.63, 3.8) is 0 Å². The lowest BCUT2D eigenvalue weighted by Gasteiger charge is -2.17. The fraction of sp³-hybridized carbons (Fsp3) is 0.615. The number of nitrogens with zero attached hydrogens (tertiary/aromatic N) is 3. The lowest BCUT2D eigenvalue weighted by molar-refractivity contribution is 0.0950. The van der Waals surface area contributed by atoms with E-state index < -0.39 is 0 Å². The van der Waals surface area contributed by atoms with Crippen LogP contribution in [-0.4, -0.2) is 48.8 Å². The molecular weight excluding hydrogens is 242 g/mol. The molecule has 0 bridgehead atoms. The molecule has 2 atom stereocenters. The van der Waals surface area contributed by atoms with Gasteiger partial charge in [-0.25, -0.2) is 0 Å². The molecule has 0 saturated carbocycles. The van der Waals surface area contributed by atoms with Crippen LogP contribution >= 0.6 is 0 Å². The van der Waals surface area contributed by atoms with Crippen molar-refractivity contribution in [3.8, 4) is 0 Å². The van der Waals surface area contributed by atoms with Crippen molar-refractivity contribution in [2.75, 3.05) is 37.6 Å². The van der Waals surface area contributed by atoms with Crippen LogP contribution in [0.5, 0.6) is 0 Å². The Bertz CT molecular complexity index is 449. The number of carbonyl (C=O) groups excluding carboxylic acids is 1. The van der Waals surface area contributed by atoms with Crippen molar-refractivity contribution in [2.24, 2.45) is 11.8 Å². The minimum atomic E-state index is -0.163. The Labute approximate surface area is 112 Å². The molecule has 6 heteroatoms. The maximum Gasteiger partial charge on any atom is 0.271 e. The molecule has 1 aromatic rings. The number of hydrogen-bond donors (Lipinski definition) is 2. The average Bonchev–Trinajstić information content (AvgIpc) is 3.00. The Hall–Kier alpha value is -1.69. The highest BCUT2D eigenvalue weighted by atomic mass is 16.1. The summed E-state index contributed by atoms with van der Waals surface area (Å²) >= 11 is 0. The highest BCUT2D eigenvalue weighted by Crippen LogP contribution is 2.29. The van der Waals surface area contributed by atoms with E-state index in [0.717, 1.165) is 43.8 Å². The third kappa shape index (κ3) is 2.40. The molecule has 2 aliphatic heterocycles. The summed E-state index contributed by atoms with van der Waals surface area (Å²) in [5.74, 6) is 2.17. The van der Waals surface area contributed by atoms with Crippen LogP contribution in [0.4, 0.5) is 5.82 Å². The topological polar surface area (TPSA) is 70.2 Å². The van der Waals surface area contributed by atoms with Crippen LogP contribution in [0.25, 0.3) is 0 Å². The lowest BCUT2D eigenvalue weighted by Crippen LogP contribution is -2.27. The van der Waals surface area contributed by atoms with Gasteiger partial charge in [0.15, 0.2) is 11.5 Å². The SMILES string of the molecule is CCNC(=O)c1ccc(N2CC3CNCC3C2)nn1. The molecule has 0 radical (unpaired) electrons. The van der Waals surface area contributed by atoms with Gasteiger partial charge in [0.05, 0.1) is 0 Å². The molecule has 3 rings (SSSR count). The summed E-state index contributed by atoms with van der Waals surface area (Å²) < 4.78 is 0. The minimum absolute atomic E-state index is 0.163. The molecule has 0 aliphatic carbocycles. The van der Waals surface area contributed by atoms with Crippen molar-refractivity contribution in [1.29, 1.82) is 0 Å². The van der Waals surface area contributed by atoms with Crippen molar-refractivity contribution < 1.29 is 4.79 Å². The third-order valence-electron chi connectivity index (χ3n) is 3.93. The quantitative estimate of drug-likeness (QED) is 0.794. The first kappa shape index (κ1) is 12.3. The minimum Gasteiger partial charge on any atom is -0.354 e. The zero-order valence-corrected chi connectivity index (χ0v) is 11.1. The largest absolute Gasteiger partial charge is 0.354 e. The number of aromatic nitrogens is 2. The molecule has 2 N–H and O–H groups in total. The zero-order chi connectivity index (χ0) is 13.2. The van der Waals surface area contributed by atoms with Crippen LogP contribution in [0.1, 0.15) is 17.4 Å². The zero-order valence-electron chi connectivity index (χ0n) is 11.1. The van der Waals surface area contributed by atoms with Crippen LogP contribution in [0.15, 0.2) is 12.1 Å². The van der Waals surface area contributed by atoms with E-state index in [1.807, 2.05) is 13.0 Å². The second kappa shape index (κ2) is 5.13.